The van der Waals surface area contributed by atoms with Gasteiger partial charge in [-0.3, -0.25) is 9.48 Å². The van der Waals surface area contributed by atoms with Gasteiger partial charge in [-0.25, -0.2) is 9.97 Å². The highest BCUT2D eigenvalue weighted by Crippen LogP contribution is 2.26. The first-order valence-corrected chi connectivity index (χ1v) is 10.7. The molecule has 0 spiro atoms. The quantitative estimate of drug-likeness (QED) is 0.541. The van der Waals surface area contributed by atoms with Gasteiger partial charge in [0, 0.05) is 38.2 Å². The van der Waals surface area contributed by atoms with E-state index < -0.39 is 12.8 Å². The molecule has 0 aromatic carbocycles. The highest BCUT2D eigenvalue weighted by molar-refractivity contribution is 6.31. The summed E-state index contributed by atoms with van der Waals surface area (Å²) >= 11 is 6.02. The van der Waals surface area contributed by atoms with Crippen LogP contribution in [-0.4, -0.2) is 51.7 Å². The summed E-state index contributed by atoms with van der Waals surface area (Å²) in [5.41, 5.74) is 1.25. The SMILES string of the molecule is O=C(CC1CCOCC1)Nc1nccc2nn(Cc3cnc(OCC(F)(F)F)c(Cl)c3)cc12. The van der Waals surface area contributed by atoms with Gasteiger partial charge in [-0.1, -0.05) is 11.6 Å². The van der Waals surface area contributed by atoms with E-state index >= 15 is 0 Å². The van der Waals surface area contributed by atoms with E-state index in [0.717, 1.165) is 12.8 Å². The second kappa shape index (κ2) is 9.92. The van der Waals surface area contributed by atoms with E-state index in [1.165, 1.54) is 12.3 Å². The number of rotatable bonds is 7. The monoisotopic (exact) mass is 483 g/mol. The van der Waals surface area contributed by atoms with Crippen LogP contribution in [0.3, 0.4) is 0 Å². The molecule has 4 heterocycles. The molecule has 33 heavy (non-hydrogen) atoms. The summed E-state index contributed by atoms with van der Waals surface area (Å²) < 4.78 is 48.5. The molecule has 1 saturated heterocycles. The smallest absolute Gasteiger partial charge is 0.422 e. The molecule has 0 atom stereocenters. The van der Waals surface area contributed by atoms with Gasteiger partial charge in [0.15, 0.2) is 6.61 Å². The molecule has 176 valence electrons. The molecule has 1 aliphatic rings. The molecule has 3 aromatic heterocycles. The van der Waals surface area contributed by atoms with Crippen molar-refractivity contribution in [3.63, 3.8) is 0 Å². The Kier molecular flexibility index (Phi) is 6.99. The summed E-state index contributed by atoms with van der Waals surface area (Å²) in [7, 11) is 0. The number of halogens is 4. The molecule has 0 unspecified atom stereocenters. The first-order valence-electron chi connectivity index (χ1n) is 10.3. The van der Waals surface area contributed by atoms with Crippen molar-refractivity contribution < 1.29 is 27.4 Å². The van der Waals surface area contributed by atoms with Crippen LogP contribution < -0.4 is 10.1 Å². The van der Waals surface area contributed by atoms with E-state index in [9.17, 15) is 18.0 Å². The zero-order valence-corrected chi connectivity index (χ0v) is 18.2. The fourth-order valence-corrected chi connectivity index (χ4v) is 3.81. The van der Waals surface area contributed by atoms with Gasteiger partial charge in [0.1, 0.15) is 10.8 Å². The van der Waals surface area contributed by atoms with Gasteiger partial charge in [0.05, 0.1) is 17.4 Å². The highest BCUT2D eigenvalue weighted by Gasteiger charge is 2.29. The molecule has 0 bridgehead atoms. The Balaban J connectivity index is 1.44. The van der Waals surface area contributed by atoms with E-state index in [1.807, 2.05) is 0 Å². The fraction of sp³-hybridized carbons (Fsp3) is 0.429. The van der Waals surface area contributed by atoms with E-state index in [2.05, 4.69) is 25.1 Å². The van der Waals surface area contributed by atoms with Crippen molar-refractivity contribution in [1.29, 1.82) is 0 Å². The molecule has 0 radical (unpaired) electrons. The van der Waals surface area contributed by atoms with Crippen LogP contribution in [-0.2, 0) is 16.1 Å². The zero-order valence-electron chi connectivity index (χ0n) is 17.4. The molecule has 4 rings (SSSR count). The molecule has 3 aromatic rings. The van der Waals surface area contributed by atoms with Crippen molar-refractivity contribution in [2.24, 2.45) is 5.92 Å². The Bertz CT molecular complexity index is 1130. The number of nitrogens with one attached hydrogen (secondary N) is 1. The number of hydrogen-bond donors (Lipinski definition) is 1. The van der Waals surface area contributed by atoms with Crippen LogP contribution in [0.25, 0.3) is 10.9 Å². The van der Waals surface area contributed by atoms with Gasteiger partial charge in [0.25, 0.3) is 0 Å². The van der Waals surface area contributed by atoms with E-state index in [-0.39, 0.29) is 23.4 Å². The van der Waals surface area contributed by atoms with Gasteiger partial charge in [0.2, 0.25) is 11.8 Å². The Morgan fingerprint density at radius 3 is 2.82 bits per heavy atom. The molecule has 0 saturated carbocycles. The Labute approximate surface area is 192 Å². The summed E-state index contributed by atoms with van der Waals surface area (Å²) in [6.07, 6.45) is 2.31. The Morgan fingerprint density at radius 1 is 1.30 bits per heavy atom. The third-order valence-electron chi connectivity index (χ3n) is 5.14. The molecule has 8 nitrogen and oxygen atoms in total. The lowest BCUT2D eigenvalue weighted by molar-refractivity contribution is -0.154. The van der Waals surface area contributed by atoms with Crippen LogP contribution in [0.2, 0.25) is 5.02 Å². The Morgan fingerprint density at radius 2 is 2.09 bits per heavy atom. The number of nitrogens with zero attached hydrogens (tertiary/aromatic N) is 4. The van der Waals surface area contributed by atoms with Crippen molar-refractivity contribution in [3.8, 4) is 5.88 Å². The topological polar surface area (TPSA) is 91.2 Å². The highest BCUT2D eigenvalue weighted by atomic mass is 35.5. The largest absolute Gasteiger partial charge is 0.467 e. The molecule has 0 aliphatic carbocycles. The van der Waals surface area contributed by atoms with Gasteiger partial charge >= 0.3 is 6.18 Å². The number of pyridine rings is 2. The zero-order chi connectivity index (χ0) is 23.4. The lowest BCUT2D eigenvalue weighted by atomic mass is 9.96. The average molecular weight is 484 g/mol. The number of anilines is 1. The number of hydrogen-bond acceptors (Lipinski definition) is 6. The fourth-order valence-electron chi connectivity index (χ4n) is 3.57. The van der Waals surface area contributed by atoms with Gasteiger partial charge in [-0.2, -0.15) is 18.3 Å². The van der Waals surface area contributed by atoms with E-state index in [1.54, 1.807) is 23.1 Å². The van der Waals surface area contributed by atoms with Gasteiger partial charge in [-0.15, -0.1) is 0 Å². The maximum Gasteiger partial charge on any atom is 0.422 e. The van der Waals surface area contributed by atoms with Gasteiger partial charge < -0.3 is 14.8 Å². The summed E-state index contributed by atoms with van der Waals surface area (Å²) in [6.45, 7) is 0.135. The molecule has 1 N–H and O–H groups in total. The van der Waals surface area contributed by atoms with Gasteiger partial charge in [-0.05, 0) is 36.5 Å². The molecule has 1 fully saturated rings. The lowest BCUT2D eigenvalue weighted by Crippen LogP contribution is -2.22. The van der Waals surface area contributed by atoms with Crippen molar-refractivity contribution in [3.05, 3.63) is 41.3 Å². The maximum atomic E-state index is 12.5. The number of alkyl halides is 3. The summed E-state index contributed by atoms with van der Waals surface area (Å²) in [5, 5.41) is 7.97. The van der Waals surface area contributed by atoms with Crippen LogP contribution in [0.15, 0.2) is 30.7 Å². The minimum absolute atomic E-state index is 0.0313. The number of fused-ring (bicyclic) bond motifs is 1. The average Bonchev–Trinajstić information content (AvgIpc) is 3.16. The van der Waals surface area contributed by atoms with Crippen LogP contribution >= 0.6 is 11.6 Å². The number of aromatic nitrogens is 4. The molecule has 1 amide bonds. The standard InChI is InChI=1S/C21H21ClF3N5O3/c22-16-7-14(9-27-20(16)33-12-21(23,24)25)10-30-11-15-17(29-30)1-4-26-19(15)28-18(31)8-13-2-5-32-6-3-13/h1,4,7,9,11,13H,2-3,5-6,8,10,12H2,(H,26,28,31). The number of amides is 1. The van der Waals surface area contributed by atoms with Crippen LogP contribution in [0.1, 0.15) is 24.8 Å². The second-order valence-electron chi connectivity index (χ2n) is 7.76. The first-order chi connectivity index (χ1) is 15.8. The minimum atomic E-state index is -4.48. The van der Waals surface area contributed by atoms with Crippen molar-refractivity contribution in [1.82, 2.24) is 19.7 Å². The second-order valence-corrected chi connectivity index (χ2v) is 8.17. The third kappa shape index (κ3) is 6.32. The lowest BCUT2D eigenvalue weighted by Gasteiger charge is -2.21. The maximum absolute atomic E-state index is 12.5. The first kappa shape index (κ1) is 23.2. The third-order valence-corrected chi connectivity index (χ3v) is 5.41. The van der Waals surface area contributed by atoms with Crippen molar-refractivity contribution in [2.75, 3.05) is 25.1 Å². The summed E-state index contributed by atoms with van der Waals surface area (Å²) in [5.74, 6) is 0.311. The van der Waals surface area contributed by atoms with Crippen LogP contribution in [0, 0.1) is 5.92 Å². The summed E-state index contributed by atoms with van der Waals surface area (Å²) in [4.78, 5) is 20.6. The Hall–Kier alpha value is -2.92. The van der Waals surface area contributed by atoms with Crippen molar-refractivity contribution >= 4 is 34.2 Å². The predicted molar refractivity (Wildman–Crippen MR) is 114 cm³/mol. The number of carbonyl (C=O) groups is 1. The normalized spacial score (nSPS) is 15.0. The number of carbonyl (C=O) groups excluding carboxylic acids is 1. The molecule has 1 aliphatic heterocycles. The van der Waals surface area contributed by atoms with Crippen LogP contribution in [0.4, 0.5) is 19.0 Å². The van der Waals surface area contributed by atoms with E-state index in [4.69, 9.17) is 16.3 Å². The van der Waals surface area contributed by atoms with E-state index in [0.29, 0.717) is 47.8 Å². The van der Waals surface area contributed by atoms with Crippen molar-refractivity contribution in [2.45, 2.75) is 32.0 Å². The van der Waals surface area contributed by atoms with Crippen LogP contribution in [0.5, 0.6) is 5.88 Å². The molecule has 12 heteroatoms. The molecular formula is C21H21ClF3N5O3. The number of ether oxygens (including phenoxy) is 2. The summed E-state index contributed by atoms with van der Waals surface area (Å²) in [6, 6.07) is 3.20. The molecular weight excluding hydrogens is 463 g/mol. The minimum Gasteiger partial charge on any atom is -0.467 e. The predicted octanol–water partition coefficient (Wildman–Crippen LogP) is 4.22.